The van der Waals surface area contributed by atoms with E-state index in [-0.39, 0.29) is 18.4 Å². The number of hydrogen-bond donors (Lipinski definition) is 2. The molecule has 1 aromatic heterocycles. The molecular weight excluding hydrogens is 352 g/mol. The van der Waals surface area contributed by atoms with Gasteiger partial charge in [0.05, 0.1) is 34.7 Å². The number of carbonyl (C=O) groups excluding carboxylic acids is 1. The number of nitrogens with zero attached hydrogens (tertiary/aromatic N) is 3. The van der Waals surface area contributed by atoms with E-state index in [0.29, 0.717) is 17.1 Å². The van der Waals surface area contributed by atoms with Crippen molar-refractivity contribution in [3.05, 3.63) is 59.7 Å². The first kappa shape index (κ1) is 18.2. The third-order valence-electron chi connectivity index (χ3n) is 5.41. The average molecular weight is 374 g/mol. The van der Waals surface area contributed by atoms with Crippen LogP contribution in [0.5, 0.6) is 0 Å². The second-order valence-electron chi connectivity index (χ2n) is 7.57. The minimum absolute atomic E-state index is 0.0751. The minimum Gasteiger partial charge on any atom is -0.385 e. The van der Waals surface area contributed by atoms with Gasteiger partial charge in [-0.3, -0.25) is 10.1 Å². The average Bonchev–Trinajstić information content (AvgIpc) is 2.97. The van der Waals surface area contributed by atoms with Crippen molar-refractivity contribution in [3.63, 3.8) is 0 Å². The van der Waals surface area contributed by atoms with E-state index in [4.69, 9.17) is 0 Å². The van der Waals surface area contributed by atoms with Crippen LogP contribution in [-0.4, -0.2) is 20.6 Å². The molecule has 28 heavy (non-hydrogen) atoms. The van der Waals surface area contributed by atoms with Crippen LogP contribution in [0.15, 0.2) is 48.5 Å². The fourth-order valence-electron chi connectivity index (χ4n) is 3.65. The summed E-state index contributed by atoms with van der Waals surface area (Å²) in [6, 6.07) is 16.9. The van der Waals surface area contributed by atoms with E-state index in [0.717, 1.165) is 30.3 Å². The third kappa shape index (κ3) is 3.37. The summed E-state index contributed by atoms with van der Waals surface area (Å²) in [6.07, 6.45) is 3.10. The molecule has 1 heterocycles. The fraction of sp³-hybridized carbons (Fsp3) is 0.318. The first-order chi connectivity index (χ1) is 13.5. The zero-order valence-corrected chi connectivity index (χ0v) is 15.7. The number of benzene rings is 2. The zero-order chi connectivity index (χ0) is 19.7. The smallest absolute Gasteiger partial charge is 0.229 e. The lowest BCUT2D eigenvalue weighted by Gasteiger charge is -2.29. The molecule has 2 N–H and O–H groups in total. The van der Waals surface area contributed by atoms with Crippen LogP contribution in [0.2, 0.25) is 0 Å². The van der Waals surface area contributed by atoms with Crippen LogP contribution in [0.1, 0.15) is 49.8 Å². The Morgan fingerprint density at radius 3 is 2.71 bits per heavy atom. The molecule has 1 atom stereocenters. The maximum Gasteiger partial charge on any atom is 0.229 e. The van der Waals surface area contributed by atoms with E-state index < -0.39 is 5.60 Å². The van der Waals surface area contributed by atoms with E-state index in [1.807, 2.05) is 28.8 Å². The maximum atomic E-state index is 12.7. The Hall–Kier alpha value is -3.17. The van der Waals surface area contributed by atoms with Gasteiger partial charge in [0.2, 0.25) is 11.9 Å². The van der Waals surface area contributed by atoms with Crippen molar-refractivity contribution in [1.82, 2.24) is 9.55 Å². The van der Waals surface area contributed by atoms with E-state index in [2.05, 4.69) is 16.4 Å². The zero-order valence-electron chi connectivity index (χ0n) is 15.7. The monoisotopic (exact) mass is 374 g/mol. The number of carbonyl (C=O) groups is 1. The SMILES string of the molecule is CC(O)(CC(=O)Nc1nc2ccc(C#N)cc2n1C1CCC1)c1ccccc1. The van der Waals surface area contributed by atoms with Crippen molar-refractivity contribution >= 4 is 22.9 Å². The van der Waals surface area contributed by atoms with Crippen LogP contribution >= 0.6 is 0 Å². The Labute approximate surface area is 163 Å². The molecule has 3 aromatic rings. The summed E-state index contributed by atoms with van der Waals surface area (Å²) in [5, 5.41) is 22.8. The van der Waals surface area contributed by atoms with Gasteiger partial charge >= 0.3 is 0 Å². The van der Waals surface area contributed by atoms with Gasteiger partial charge in [-0.2, -0.15) is 5.26 Å². The molecule has 0 bridgehead atoms. The molecule has 1 fully saturated rings. The summed E-state index contributed by atoms with van der Waals surface area (Å²) in [5.74, 6) is 0.175. The Kier molecular flexibility index (Phi) is 4.62. The number of aromatic nitrogens is 2. The molecule has 142 valence electrons. The second-order valence-corrected chi connectivity index (χ2v) is 7.57. The number of aliphatic hydroxyl groups is 1. The van der Waals surface area contributed by atoms with Gasteiger partial charge in [-0.1, -0.05) is 30.3 Å². The molecule has 0 spiro atoms. The Morgan fingerprint density at radius 2 is 2.07 bits per heavy atom. The number of rotatable bonds is 5. The van der Waals surface area contributed by atoms with E-state index >= 15 is 0 Å². The number of amides is 1. The predicted molar refractivity (Wildman–Crippen MR) is 107 cm³/mol. The second kappa shape index (κ2) is 7.10. The lowest BCUT2D eigenvalue weighted by molar-refractivity contribution is -0.120. The summed E-state index contributed by atoms with van der Waals surface area (Å²) >= 11 is 0. The largest absolute Gasteiger partial charge is 0.385 e. The Morgan fingerprint density at radius 1 is 1.32 bits per heavy atom. The Balaban J connectivity index is 1.62. The summed E-state index contributed by atoms with van der Waals surface area (Å²) < 4.78 is 2.02. The number of imidazole rings is 1. The van der Waals surface area contributed by atoms with Crippen LogP contribution in [0.25, 0.3) is 11.0 Å². The lowest BCUT2D eigenvalue weighted by atomic mass is 9.92. The molecule has 0 saturated heterocycles. The van der Waals surface area contributed by atoms with Gasteiger partial charge in [0.1, 0.15) is 0 Å². The number of nitrogens with one attached hydrogen (secondary N) is 1. The van der Waals surface area contributed by atoms with Crippen molar-refractivity contribution in [3.8, 4) is 6.07 Å². The standard InChI is InChI=1S/C22H22N4O2/c1-22(28,16-6-3-2-4-7-16)13-20(27)25-21-24-18-11-10-15(14-23)12-19(18)26(21)17-8-5-9-17/h2-4,6-7,10-12,17,28H,5,8-9,13H2,1H3,(H,24,25,27). The van der Waals surface area contributed by atoms with Crippen LogP contribution < -0.4 is 5.32 Å². The van der Waals surface area contributed by atoms with Gasteiger partial charge in [0, 0.05) is 6.04 Å². The van der Waals surface area contributed by atoms with Crippen molar-refractivity contribution in [2.75, 3.05) is 5.32 Å². The van der Waals surface area contributed by atoms with Gasteiger partial charge < -0.3 is 9.67 Å². The van der Waals surface area contributed by atoms with Gasteiger partial charge in [0.25, 0.3) is 0 Å². The van der Waals surface area contributed by atoms with E-state index in [1.54, 1.807) is 31.2 Å². The number of anilines is 1. The van der Waals surface area contributed by atoms with Crippen molar-refractivity contribution in [1.29, 1.82) is 5.26 Å². The molecule has 0 radical (unpaired) electrons. The quantitative estimate of drug-likeness (QED) is 0.709. The van der Waals surface area contributed by atoms with Crippen LogP contribution in [0.3, 0.4) is 0 Å². The molecule has 1 saturated carbocycles. The lowest BCUT2D eigenvalue weighted by Crippen LogP contribution is -2.30. The molecule has 2 aromatic carbocycles. The highest BCUT2D eigenvalue weighted by atomic mass is 16.3. The van der Waals surface area contributed by atoms with Crippen LogP contribution in [0, 0.1) is 11.3 Å². The van der Waals surface area contributed by atoms with Gasteiger partial charge in [0.15, 0.2) is 0 Å². The first-order valence-corrected chi connectivity index (χ1v) is 9.48. The van der Waals surface area contributed by atoms with Crippen LogP contribution in [0.4, 0.5) is 5.95 Å². The topological polar surface area (TPSA) is 90.9 Å². The highest BCUT2D eigenvalue weighted by Gasteiger charge is 2.29. The molecule has 1 aliphatic rings. The van der Waals surface area contributed by atoms with Crippen molar-refractivity contribution < 1.29 is 9.90 Å². The molecule has 1 amide bonds. The van der Waals surface area contributed by atoms with E-state index in [1.165, 1.54) is 0 Å². The van der Waals surface area contributed by atoms with Crippen molar-refractivity contribution in [2.45, 2.75) is 44.2 Å². The number of fused-ring (bicyclic) bond motifs is 1. The molecule has 6 heteroatoms. The first-order valence-electron chi connectivity index (χ1n) is 9.48. The molecule has 0 aliphatic heterocycles. The van der Waals surface area contributed by atoms with E-state index in [9.17, 15) is 15.2 Å². The van der Waals surface area contributed by atoms with Crippen molar-refractivity contribution in [2.24, 2.45) is 0 Å². The summed E-state index contributed by atoms with van der Waals surface area (Å²) in [7, 11) is 0. The summed E-state index contributed by atoms with van der Waals surface area (Å²) in [4.78, 5) is 17.3. The summed E-state index contributed by atoms with van der Waals surface area (Å²) in [6.45, 7) is 1.63. The maximum absolute atomic E-state index is 12.7. The summed E-state index contributed by atoms with van der Waals surface area (Å²) in [5.41, 5.74) is 1.59. The molecule has 6 nitrogen and oxygen atoms in total. The molecule has 4 rings (SSSR count). The highest BCUT2D eigenvalue weighted by molar-refractivity contribution is 5.92. The van der Waals surface area contributed by atoms with Gasteiger partial charge in [-0.05, 0) is 49.9 Å². The third-order valence-corrected chi connectivity index (χ3v) is 5.41. The number of hydrogen-bond acceptors (Lipinski definition) is 4. The number of nitriles is 1. The van der Waals surface area contributed by atoms with Gasteiger partial charge in [-0.25, -0.2) is 4.98 Å². The molecular formula is C22H22N4O2. The highest BCUT2D eigenvalue weighted by Crippen LogP contribution is 2.37. The minimum atomic E-state index is -1.27. The fourth-order valence-corrected chi connectivity index (χ4v) is 3.65. The Bertz CT molecular complexity index is 1060. The van der Waals surface area contributed by atoms with Gasteiger partial charge in [-0.15, -0.1) is 0 Å². The normalized spacial score (nSPS) is 16.2. The molecule has 1 unspecified atom stereocenters. The molecule has 1 aliphatic carbocycles. The predicted octanol–water partition coefficient (Wildman–Crippen LogP) is 3.87. The van der Waals surface area contributed by atoms with Crippen LogP contribution in [-0.2, 0) is 10.4 Å².